The highest BCUT2D eigenvalue weighted by Crippen LogP contribution is 2.20. The van der Waals surface area contributed by atoms with E-state index in [0.29, 0.717) is 0 Å². The molecule has 3 heteroatoms. The molecule has 0 radical (unpaired) electrons. The predicted molar refractivity (Wildman–Crippen MR) is 51.5 cm³/mol. The van der Waals surface area contributed by atoms with Crippen LogP contribution >= 0.6 is 0 Å². The Morgan fingerprint density at radius 2 is 2.38 bits per heavy atom. The second-order valence-corrected chi connectivity index (χ2v) is 3.17. The minimum Gasteiger partial charge on any atom is -0.469 e. The van der Waals surface area contributed by atoms with E-state index in [1.807, 2.05) is 13.0 Å². The summed E-state index contributed by atoms with van der Waals surface area (Å²) in [7, 11) is 1.70. The van der Waals surface area contributed by atoms with Crippen molar-refractivity contribution in [2.75, 3.05) is 13.7 Å². The number of hydrogen-bond acceptors (Lipinski definition) is 3. The summed E-state index contributed by atoms with van der Waals surface area (Å²) in [5.74, 6) is 0.921. The Bertz CT molecular complexity index is 245. The number of methoxy groups -OCH3 is 1. The minimum absolute atomic E-state index is 0.0777. The highest BCUT2D eigenvalue weighted by molar-refractivity contribution is 5.19. The predicted octanol–water partition coefficient (Wildman–Crippen LogP) is 2.01. The lowest BCUT2D eigenvalue weighted by atomic mass is 10.0. The molecule has 0 saturated carbocycles. The Balaban J connectivity index is 2.39. The summed E-state index contributed by atoms with van der Waals surface area (Å²) in [4.78, 5) is 0. The van der Waals surface area contributed by atoms with E-state index < -0.39 is 0 Å². The van der Waals surface area contributed by atoms with Crippen LogP contribution in [0.1, 0.15) is 30.2 Å². The summed E-state index contributed by atoms with van der Waals surface area (Å²) in [6.07, 6.45) is 3.61. The van der Waals surface area contributed by atoms with Crippen molar-refractivity contribution in [3.63, 3.8) is 0 Å². The number of rotatable bonds is 5. The standard InChI is InChI=1S/C10H17NO2/c1-8-9(5-7-13-8)10(11)4-3-6-12-2/h5,7,10H,3-4,6,11H2,1-2H3. The molecule has 0 aliphatic rings. The van der Waals surface area contributed by atoms with Crippen LogP contribution in [0, 0.1) is 6.92 Å². The average molecular weight is 183 g/mol. The first-order chi connectivity index (χ1) is 6.25. The highest BCUT2D eigenvalue weighted by atomic mass is 16.5. The lowest BCUT2D eigenvalue weighted by molar-refractivity contribution is 0.190. The Labute approximate surface area is 78.9 Å². The van der Waals surface area contributed by atoms with Gasteiger partial charge in [-0.05, 0) is 25.8 Å². The molecule has 0 bridgehead atoms. The van der Waals surface area contributed by atoms with Gasteiger partial charge in [0.05, 0.1) is 6.26 Å². The van der Waals surface area contributed by atoms with Crippen molar-refractivity contribution in [2.24, 2.45) is 5.73 Å². The Kier molecular flexibility index (Phi) is 3.99. The zero-order chi connectivity index (χ0) is 9.68. The van der Waals surface area contributed by atoms with Gasteiger partial charge in [0.15, 0.2) is 0 Å². The Morgan fingerprint density at radius 3 is 2.92 bits per heavy atom. The first kappa shape index (κ1) is 10.3. The molecule has 0 saturated heterocycles. The van der Waals surface area contributed by atoms with E-state index in [0.717, 1.165) is 30.8 Å². The van der Waals surface area contributed by atoms with Crippen LogP contribution in [0.15, 0.2) is 16.7 Å². The maximum Gasteiger partial charge on any atom is 0.105 e. The Hall–Kier alpha value is -0.800. The van der Waals surface area contributed by atoms with Gasteiger partial charge in [0.2, 0.25) is 0 Å². The second-order valence-electron chi connectivity index (χ2n) is 3.17. The van der Waals surface area contributed by atoms with Gasteiger partial charge in [0.1, 0.15) is 5.76 Å². The summed E-state index contributed by atoms with van der Waals surface area (Å²) in [5, 5.41) is 0. The van der Waals surface area contributed by atoms with Crippen LogP contribution in [0.25, 0.3) is 0 Å². The smallest absolute Gasteiger partial charge is 0.105 e. The van der Waals surface area contributed by atoms with E-state index in [9.17, 15) is 0 Å². The fraction of sp³-hybridized carbons (Fsp3) is 0.600. The fourth-order valence-electron chi connectivity index (χ4n) is 1.38. The van der Waals surface area contributed by atoms with Crippen LogP contribution in [0.4, 0.5) is 0 Å². The summed E-state index contributed by atoms with van der Waals surface area (Å²) in [5.41, 5.74) is 7.07. The van der Waals surface area contributed by atoms with E-state index in [-0.39, 0.29) is 6.04 Å². The van der Waals surface area contributed by atoms with Crippen LogP contribution in [0.5, 0.6) is 0 Å². The quantitative estimate of drug-likeness (QED) is 0.710. The highest BCUT2D eigenvalue weighted by Gasteiger charge is 2.10. The van der Waals surface area contributed by atoms with Crippen molar-refractivity contribution >= 4 is 0 Å². The number of aryl methyl sites for hydroxylation is 1. The van der Waals surface area contributed by atoms with E-state index in [2.05, 4.69) is 0 Å². The Morgan fingerprint density at radius 1 is 1.62 bits per heavy atom. The molecule has 2 N–H and O–H groups in total. The number of ether oxygens (including phenoxy) is 1. The van der Waals surface area contributed by atoms with E-state index in [4.69, 9.17) is 14.9 Å². The molecule has 0 aliphatic carbocycles. The molecule has 0 aliphatic heterocycles. The average Bonchev–Trinajstić information content (AvgIpc) is 2.52. The molecule has 74 valence electrons. The van der Waals surface area contributed by atoms with Gasteiger partial charge in [-0.2, -0.15) is 0 Å². The minimum atomic E-state index is 0.0777. The molecule has 13 heavy (non-hydrogen) atoms. The molecule has 0 spiro atoms. The van der Waals surface area contributed by atoms with Gasteiger partial charge in [-0.25, -0.2) is 0 Å². The molecule has 1 rings (SSSR count). The van der Waals surface area contributed by atoms with Crippen LogP contribution in [0.3, 0.4) is 0 Å². The summed E-state index contributed by atoms with van der Waals surface area (Å²) in [6.45, 7) is 2.70. The molecule has 0 amide bonds. The molecule has 1 aromatic heterocycles. The van der Waals surface area contributed by atoms with E-state index in [1.54, 1.807) is 13.4 Å². The third kappa shape index (κ3) is 2.86. The van der Waals surface area contributed by atoms with Gasteiger partial charge in [-0.3, -0.25) is 0 Å². The molecule has 0 fully saturated rings. The SMILES string of the molecule is COCCCC(N)c1ccoc1C. The normalized spacial score (nSPS) is 13.2. The van der Waals surface area contributed by atoms with Crippen LogP contribution in [0.2, 0.25) is 0 Å². The van der Waals surface area contributed by atoms with Gasteiger partial charge >= 0.3 is 0 Å². The molecule has 1 heterocycles. The molecule has 3 nitrogen and oxygen atoms in total. The monoisotopic (exact) mass is 183 g/mol. The van der Waals surface area contributed by atoms with Gasteiger partial charge in [-0.1, -0.05) is 0 Å². The van der Waals surface area contributed by atoms with Gasteiger partial charge < -0.3 is 14.9 Å². The number of hydrogen-bond donors (Lipinski definition) is 1. The third-order valence-corrected chi connectivity index (χ3v) is 2.16. The molecular weight excluding hydrogens is 166 g/mol. The van der Waals surface area contributed by atoms with Gasteiger partial charge in [0.25, 0.3) is 0 Å². The maximum absolute atomic E-state index is 5.97. The lowest BCUT2D eigenvalue weighted by Crippen LogP contribution is -2.11. The van der Waals surface area contributed by atoms with Crippen molar-refractivity contribution in [2.45, 2.75) is 25.8 Å². The van der Waals surface area contributed by atoms with Crippen LogP contribution in [-0.2, 0) is 4.74 Å². The van der Waals surface area contributed by atoms with E-state index in [1.165, 1.54) is 0 Å². The van der Waals surface area contributed by atoms with E-state index >= 15 is 0 Å². The zero-order valence-corrected chi connectivity index (χ0v) is 8.25. The molecule has 1 unspecified atom stereocenters. The topological polar surface area (TPSA) is 48.4 Å². The second kappa shape index (κ2) is 5.04. The third-order valence-electron chi connectivity index (χ3n) is 2.16. The fourth-order valence-corrected chi connectivity index (χ4v) is 1.38. The van der Waals surface area contributed by atoms with Crippen molar-refractivity contribution < 1.29 is 9.15 Å². The summed E-state index contributed by atoms with van der Waals surface area (Å²) >= 11 is 0. The summed E-state index contributed by atoms with van der Waals surface area (Å²) in [6, 6.07) is 2.01. The number of furan rings is 1. The summed E-state index contributed by atoms with van der Waals surface area (Å²) < 4.78 is 10.1. The van der Waals surface area contributed by atoms with Crippen LogP contribution < -0.4 is 5.73 Å². The van der Waals surface area contributed by atoms with Crippen molar-refractivity contribution in [1.29, 1.82) is 0 Å². The van der Waals surface area contributed by atoms with Crippen molar-refractivity contribution in [3.05, 3.63) is 23.7 Å². The zero-order valence-electron chi connectivity index (χ0n) is 8.25. The van der Waals surface area contributed by atoms with Gasteiger partial charge in [0, 0.05) is 25.3 Å². The number of nitrogens with two attached hydrogens (primary N) is 1. The first-order valence-electron chi connectivity index (χ1n) is 4.54. The molecular formula is C10H17NO2. The molecule has 1 aromatic rings. The first-order valence-corrected chi connectivity index (χ1v) is 4.54. The molecule has 0 aromatic carbocycles. The van der Waals surface area contributed by atoms with Crippen molar-refractivity contribution in [3.8, 4) is 0 Å². The lowest BCUT2D eigenvalue weighted by Gasteiger charge is -2.09. The largest absolute Gasteiger partial charge is 0.469 e. The van der Waals surface area contributed by atoms with Gasteiger partial charge in [-0.15, -0.1) is 0 Å². The van der Waals surface area contributed by atoms with Crippen molar-refractivity contribution in [1.82, 2.24) is 0 Å². The maximum atomic E-state index is 5.97. The van der Waals surface area contributed by atoms with Crippen LogP contribution in [-0.4, -0.2) is 13.7 Å². The molecule has 1 atom stereocenters.